The summed E-state index contributed by atoms with van der Waals surface area (Å²) in [6.07, 6.45) is 3.25. The molecule has 1 saturated carbocycles. The Kier molecular flexibility index (Phi) is 3.67. The first-order valence-electron chi connectivity index (χ1n) is 8.18. The molecule has 2 aliphatic rings. The van der Waals surface area contributed by atoms with E-state index in [0.717, 1.165) is 12.8 Å². The van der Waals surface area contributed by atoms with Gasteiger partial charge < -0.3 is 13.7 Å². The second-order valence-corrected chi connectivity index (χ2v) is 6.34. The number of hydrogen-bond acceptors (Lipinski definition) is 6. The molecule has 0 spiro atoms. The van der Waals surface area contributed by atoms with Crippen molar-refractivity contribution < 1.29 is 23.2 Å². The number of hydrogen-bond donors (Lipinski definition) is 1. The van der Waals surface area contributed by atoms with Crippen LogP contribution in [-0.2, 0) is 20.8 Å². The van der Waals surface area contributed by atoms with Crippen LogP contribution in [0.25, 0.3) is 11.7 Å². The summed E-state index contributed by atoms with van der Waals surface area (Å²) < 4.78 is 10.8. The molecule has 1 aliphatic heterocycles. The average molecular weight is 343 g/mol. The van der Waals surface area contributed by atoms with E-state index in [1.54, 1.807) is 24.0 Å². The van der Waals surface area contributed by atoms with Gasteiger partial charge in [-0.2, -0.15) is 0 Å². The number of nitrogens with one attached hydrogen (secondary N) is 1. The summed E-state index contributed by atoms with van der Waals surface area (Å²) in [4.78, 5) is 42.1. The molecule has 130 valence electrons. The molecule has 3 amide bonds. The van der Waals surface area contributed by atoms with Crippen molar-refractivity contribution in [3.05, 3.63) is 29.9 Å². The number of furan rings is 1. The predicted molar refractivity (Wildman–Crippen MR) is 84.1 cm³/mol. The van der Waals surface area contributed by atoms with Crippen LogP contribution in [-0.4, -0.2) is 39.7 Å². The van der Waals surface area contributed by atoms with Gasteiger partial charge in [-0.05, 0) is 31.9 Å². The first-order chi connectivity index (χ1) is 12.0. The Morgan fingerprint density at radius 3 is 2.80 bits per heavy atom. The topological polar surface area (TPSA) is 106 Å². The number of aromatic nitrogens is 1. The van der Waals surface area contributed by atoms with Gasteiger partial charge in [-0.1, -0.05) is 0 Å². The third-order valence-corrected chi connectivity index (χ3v) is 4.45. The van der Waals surface area contributed by atoms with E-state index >= 15 is 0 Å². The minimum Gasteiger partial charge on any atom is -0.459 e. The number of nitrogens with zero attached hydrogens (tertiary/aromatic N) is 2. The molecule has 1 aliphatic carbocycles. The molecule has 3 heterocycles. The van der Waals surface area contributed by atoms with Crippen LogP contribution < -0.4 is 5.32 Å². The predicted octanol–water partition coefficient (Wildman–Crippen LogP) is 1.19. The van der Waals surface area contributed by atoms with Crippen molar-refractivity contribution in [2.75, 3.05) is 0 Å². The fraction of sp³-hybridized carbons (Fsp3) is 0.412. The third kappa shape index (κ3) is 2.95. The number of carbonyl (C=O) groups is 3. The second kappa shape index (κ2) is 5.87. The molecular formula is C17H17N3O5. The smallest absolute Gasteiger partial charge is 0.263 e. The van der Waals surface area contributed by atoms with Crippen molar-refractivity contribution in [2.24, 2.45) is 0 Å². The third-order valence-electron chi connectivity index (χ3n) is 4.45. The fourth-order valence-corrected chi connectivity index (χ4v) is 3.08. The standard InChI is InChI=1S/C17H17N3O5/c1-9-11(18-17(25-9)13-3-2-6-24-13)7-15(22)20(10-4-5-10)12-8-14(21)19-16(12)23/h2-3,6,10,12H,4-5,7-8H2,1H3,(H,19,21,23). The van der Waals surface area contributed by atoms with Crippen molar-refractivity contribution in [1.29, 1.82) is 0 Å². The lowest BCUT2D eigenvalue weighted by molar-refractivity contribution is -0.139. The first-order valence-corrected chi connectivity index (χ1v) is 8.18. The van der Waals surface area contributed by atoms with E-state index in [1.165, 1.54) is 6.26 Å². The van der Waals surface area contributed by atoms with Gasteiger partial charge in [-0.15, -0.1) is 0 Å². The van der Waals surface area contributed by atoms with Gasteiger partial charge in [-0.3, -0.25) is 19.7 Å². The van der Waals surface area contributed by atoms with Crippen LogP contribution in [0.3, 0.4) is 0 Å². The normalized spacial score (nSPS) is 20.0. The highest BCUT2D eigenvalue weighted by Gasteiger charge is 2.44. The van der Waals surface area contributed by atoms with Crippen LogP contribution in [0.2, 0.25) is 0 Å². The minimum absolute atomic E-state index is 0.0184. The number of aryl methyl sites for hydroxylation is 1. The molecule has 4 rings (SSSR count). The van der Waals surface area contributed by atoms with Crippen LogP contribution in [0, 0.1) is 6.92 Å². The molecule has 0 bridgehead atoms. The van der Waals surface area contributed by atoms with E-state index in [0.29, 0.717) is 23.1 Å². The van der Waals surface area contributed by atoms with Crippen LogP contribution in [0.4, 0.5) is 0 Å². The van der Waals surface area contributed by atoms with Crippen molar-refractivity contribution >= 4 is 17.7 Å². The minimum atomic E-state index is -0.718. The quantitative estimate of drug-likeness (QED) is 0.818. The monoisotopic (exact) mass is 343 g/mol. The van der Waals surface area contributed by atoms with Crippen molar-refractivity contribution in [2.45, 2.75) is 44.7 Å². The second-order valence-electron chi connectivity index (χ2n) is 6.34. The lowest BCUT2D eigenvalue weighted by Gasteiger charge is -2.26. The number of oxazole rings is 1. The summed E-state index contributed by atoms with van der Waals surface area (Å²) >= 11 is 0. The maximum Gasteiger partial charge on any atom is 0.263 e. The molecule has 8 heteroatoms. The summed E-state index contributed by atoms with van der Waals surface area (Å²) in [5.41, 5.74) is 0.506. The maximum atomic E-state index is 12.8. The number of imide groups is 1. The number of carbonyl (C=O) groups excluding carboxylic acids is 3. The molecule has 2 fully saturated rings. The van der Waals surface area contributed by atoms with E-state index in [-0.39, 0.29) is 30.7 Å². The van der Waals surface area contributed by atoms with E-state index in [2.05, 4.69) is 10.3 Å². The van der Waals surface area contributed by atoms with Crippen LogP contribution in [0.15, 0.2) is 27.2 Å². The van der Waals surface area contributed by atoms with Crippen LogP contribution >= 0.6 is 0 Å². The zero-order chi connectivity index (χ0) is 17.6. The molecule has 25 heavy (non-hydrogen) atoms. The Morgan fingerprint density at radius 1 is 1.40 bits per heavy atom. The highest BCUT2D eigenvalue weighted by Crippen LogP contribution is 2.32. The van der Waals surface area contributed by atoms with Gasteiger partial charge >= 0.3 is 0 Å². The van der Waals surface area contributed by atoms with Gasteiger partial charge in [0.2, 0.25) is 17.7 Å². The Hall–Kier alpha value is -2.90. The Morgan fingerprint density at radius 2 is 2.20 bits per heavy atom. The summed E-state index contributed by atoms with van der Waals surface area (Å²) in [7, 11) is 0. The highest BCUT2D eigenvalue weighted by atomic mass is 16.4. The van der Waals surface area contributed by atoms with Crippen molar-refractivity contribution in [3.63, 3.8) is 0 Å². The summed E-state index contributed by atoms with van der Waals surface area (Å²) in [6, 6.07) is 2.75. The largest absolute Gasteiger partial charge is 0.459 e. The first kappa shape index (κ1) is 15.6. The molecular weight excluding hydrogens is 326 g/mol. The zero-order valence-corrected chi connectivity index (χ0v) is 13.7. The van der Waals surface area contributed by atoms with Gasteiger partial charge in [0.1, 0.15) is 11.8 Å². The number of rotatable bonds is 5. The van der Waals surface area contributed by atoms with Gasteiger partial charge in [0.15, 0.2) is 5.76 Å². The van der Waals surface area contributed by atoms with Gasteiger partial charge in [0, 0.05) is 6.04 Å². The molecule has 2 aromatic heterocycles. The molecule has 2 aromatic rings. The van der Waals surface area contributed by atoms with E-state index in [4.69, 9.17) is 8.83 Å². The number of amides is 3. The highest BCUT2D eigenvalue weighted by molar-refractivity contribution is 6.07. The van der Waals surface area contributed by atoms with Crippen LogP contribution in [0.1, 0.15) is 30.7 Å². The maximum absolute atomic E-state index is 12.8. The lowest BCUT2D eigenvalue weighted by atomic mass is 10.1. The fourth-order valence-electron chi connectivity index (χ4n) is 3.08. The summed E-state index contributed by atoms with van der Waals surface area (Å²) in [5.74, 6) is 0.366. The summed E-state index contributed by atoms with van der Waals surface area (Å²) in [6.45, 7) is 1.73. The van der Waals surface area contributed by atoms with Crippen LogP contribution in [0.5, 0.6) is 0 Å². The molecule has 0 radical (unpaired) electrons. The van der Waals surface area contributed by atoms with Gasteiger partial charge in [0.05, 0.1) is 24.8 Å². The zero-order valence-electron chi connectivity index (χ0n) is 13.7. The molecule has 1 saturated heterocycles. The van der Waals surface area contributed by atoms with Gasteiger partial charge in [0.25, 0.3) is 5.89 Å². The molecule has 8 nitrogen and oxygen atoms in total. The lowest BCUT2D eigenvalue weighted by Crippen LogP contribution is -2.46. The van der Waals surface area contributed by atoms with Gasteiger partial charge in [-0.25, -0.2) is 4.98 Å². The van der Waals surface area contributed by atoms with E-state index < -0.39 is 11.9 Å². The van der Waals surface area contributed by atoms with Crippen molar-refractivity contribution in [3.8, 4) is 11.7 Å². The Bertz CT molecular complexity index is 835. The molecule has 0 aromatic carbocycles. The Labute approximate surface area is 143 Å². The molecule has 1 N–H and O–H groups in total. The Balaban J connectivity index is 1.54. The summed E-state index contributed by atoms with van der Waals surface area (Å²) in [5, 5.41) is 2.26. The van der Waals surface area contributed by atoms with E-state index in [9.17, 15) is 14.4 Å². The van der Waals surface area contributed by atoms with Crippen molar-refractivity contribution in [1.82, 2.24) is 15.2 Å². The average Bonchev–Trinajstić information content (AvgIpc) is 2.96. The molecule has 1 unspecified atom stereocenters. The van der Waals surface area contributed by atoms with E-state index in [1.807, 2.05) is 0 Å². The molecule has 1 atom stereocenters. The SMILES string of the molecule is Cc1oc(-c2ccco2)nc1CC(=O)N(C1CC1)C1CC(=O)NC1=O.